The fourth-order valence-electron chi connectivity index (χ4n) is 7.05. The molecule has 0 aliphatic carbocycles. The number of ether oxygens (including phenoxy) is 3. The van der Waals surface area contributed by atoms with E-state index in [1.165, 1.54) is 109 Å². The average Bonchev–Trinajstić information content (AvgIpc) is 3.29. The molecule has 64 heavy (non-hydrogen) atoms. The Bertz CT molecular complexity index is 1300. The van der Waals surface area contributed by atoms with Crippen LogP contribution in [-0.4, -0.2) is 37.2 Å². The van der Waals surface area contributed by atoms with Gasteiger partial charge in [-0.05, 0) is 64.2 Å². The number of rotatable bonds is 46. The Morgan fingerprint density at radius 3 is 1.02 bits per heavy atom. The van der Waals surface area contributed by atoms with Crippen molar-refractivity contribution in [2.24, 2.45) is 0 Å². The van der Waals surface area contributed by atoms with Crippen molar-refractivity contribution in [1.82, 2.24) is 0 Å². The second-order valence-electron chi connectivity index (χ2n) is 17.2. The quantitative estimate of drug-likeness (QED) is 0.0262. The maximum Gasteiger partial charge on any atom is 0.306 e. The molecule has 0 aromatic rings. The minimum Gasteiger partial charge on any atom is -0.462 e. The third kappa shape index (κ3) is 49.3. The SMILES string of the molecule is CC\C=C/C=C\C=C/C=C\C=C\C=C/CCCCCC(=O)OCC(COC(=O)CCCCCCCCCCCCCCCC)OC(=O)CCCCCCCC/C=C\C=C/CCCCC. The summed E-state index contributed by atoms with van der Waals surface area (Å²) in [7, 11) is 0. The molecule has 0 aromatic heterocycles. The predicted molar refractivity (Wildman–Crippen MR) is 274 cm³/mol. The van der Waals surface area contributed by atoms with Crippen LogP contribution >= 0.6 is 0 Å². The van der Waals surface area contributed by atoms with E-state index < -0.39 is 6.10 Å². The van der Waals surface area contributed by atoms with E-state index in [4.69, 9.17) is 14.2 Å². The summed E-state index contributed by atoms with van der Waals surface area (Å²) < 4.78 is 16.8. The van der Waals surface area contributed by atoms with Crippen LogP contribution in [0.5, 0.6) is 0 Å². The fourth-order valence-corrected chi connectivity index (χ4v) is 7.05. The minimum absolute atomic E-state index is 0.0961. The molecule has 6 heteroatoms. The van der Waals surface area contributed by atoms with E-state index in [2.05, 4.69) is 57.2 Å². The van der Waals surface area contributed by atoms with Crippen LogP contribution < -0.4 is 0 Å². The van der Waals surface area contributed by atoms with E-state index in [1.807, 2.05) is 60.8 Å². The highest BCUT2D eigenvalue weighted by Crippen LogP contribution is 2.15. The Balaban J connectivity index is 4.50. The van der Waals surface area contributed by atoms with E-state index in [0.717, 1.165) is 83.5 Å². The van der Waals surface area contributed by atoms with Crippen molar-refractivity contribution >= 4 is 17.9 Å². The highest BCUT2D eigenvalue weighted by Gasteiger charge is 2.19. The first-order valence-electron chi connectivity index (χ1n) is 26.3. The summed E-state index contributed by atoms with van der Waals surface area (Å²) >= 11 is 0. The maximum atomic E-state index is 12.8. The number of hydrogen-bond acceptors (Lipinski definition) is 6. The van der Waals surface area contributed by atoms with Crippen LogP contribution in [0.25, 0.3) is 0 Å². The first-order chi connectivity index (χ1) is 31.5. The molecule has 364 valence electrons. The van der Waals surface area contributed by atoms with Crippen molar-refractivity contribution in [3.8, 4) is 0 Å². The Morgan fingerprint density at radius 2 is 0.609 bits per heavy atom. The molecule has 0 radical (unpaired) electrons. The summed E-state index contributed by atoms with van der Waals surface area (Å²) in [5.41, 5.74) is 0. The summed E-state index contributed by atoms with van der Waals surface area (Å²) in [6.07, 6.45) is 68.1. The number of unbranched alkanes of at least 4 members (excludes halogenated alkanes) is 25. The molecule has 0 aliphatic heterocycles. The van der Waals surface area contributed by atoms with Gasteiger partial charge >= 0.3 is 17.9 Å². The summed E-state index contributed by atoms with van der Waals surface area (Å²) in [5.74, 6) is -0.953. The molecule has 0 bridgehead atoms. The molecule has 0 saturated heterocycles. The van der Waals surface area contributed by atoms with Gasteiger partial charge in [-0.15, -0.1) is 0 Å². The van der Waals surface area contributed by atoms with E-state index >= 15 is 0 Å². The molecule has 1 unspecified atom stereocenters. The molecule has 0 spiro atoms. The van der Waals surface area contributed by atoms with Crippen LogP contribution in [0.1, 0.15) is 233 Å². The van der Waals surface area contributed by atoms with E-state index in [0.29, 0.717) is 19.3 Å². The van der Waals surface area contributed by atoms with Crippen LogP contribution in [0.3, 0.4) is 0 Å². The topological polar surface area (TPSA) is 78.9 Å². The van der Waals surface area contributed by atoms with Gasteiger partial charge in [0.1, 0.15) is 13.2 Å². The molecule has 0 heterocycles. The highest BCUT2D eigenvalue weighted by molar-refractivity contribution is 5.71. The van der Waals surface area contributed by atoms with Crippen LogP contribution in [0, 0.1) is 0 Å². The van der Waals surface area contributed by atoms with Gasteiger partial charge in [0, 0.05) is 19.3 Å². The van der Waals surface area contributed by atoms with Gasteiger partial charge in [-0.3, -0.25) is 14.4 Å². The molecule has 0 saturated carbocycles. The molecule has 0 aliphatic rings. The zero-order valence-corrected chi connectivity index (χ0v) is 41.5. The van der Waals surface area contributed by atoms with Crippen molar-refractivity contribution in [3.63, 3.8) is 0 Å². The maximum absolute atomic E-state index is 12.8. The van der Waals surface area contributed by atoms with Crippen LogP contribution in [-0.2, 0) is 28.6 Å². The van der Waals surface area contributed by atoms with Crippen molar-refractivity contribution in [2.75, 3.05) is 13.2 Å². The number of carbonyl (C=O) groups excluding carboxylic acids is 3. The normalized spacial score (nSPS) is 12.9. The first kappa shape index (κ1) is 60.3. The van der Waals surface area contributed by atoms with Gasteiger partial charge in [0.15, 0.2) is 6.10 Å². The van der Waals surface area contributed by atoms with Crippen molar-refractivity contribution < 1.29 is 28.6 Å². The van der Waals surface area contributed by atoms with Gasteiger partial charge in [0.25, 0.3) is 0 Å². The molecular weight excluding hydrogens is 793 g/mol. The summed E-state index contributed by atoms with van der Waals surface area (Å²) in [5, 5.41) is 0. The zero-order valence-electron chi connectivity index (χ0n) is 41.5. The monoisotopic (exact) mass is 889 g/mol. The zero-order chi connectivity index (χ0) is 46.5. The van der Waals surface area contributed by atoms with Gasteiger partial charge < -0.3 is 14.2 Å². The van der Waals surface area contributed by atoms with Crippen molar-refractivity contribution in [1.29, 1.82) is 0 Å². The number of carbonyl (C=O) groups is 3. The second kappa shape index (κ2) is 52.0. The lowest BCUT2D eigenvalue weighted by Gasteiger charge is -2.18. The number of esters is 3. The van der Waals surface area contributed by atoms with Crippen LogP contribution in [0.2, 0.25) is 0 Å². The Morgan fingerprint density at radius 1 is 0.328 bits per heavy atom. The van der Waals surface area contributed by atoms with Crippen molar-refractivity contribution in [3.05, 3.63) is 97.2 Å². The van der Waals surface area contributed by atoms with Gasteiger partial charge in [-0.1, -0.05) is 246 Å². The van der Waals surface area contributed by atoms with Crippen molar-refractivity contribution in [2.45, 2.75) is 239 Å². The minimum atomic E-state index is -0.801. The van der Waals surface area contributed by atoms with E-state index in [9.17, 15) is 14.4 Å². The molecule has 0 N–H and O–H groups in total. The largest absolute Gasteiger partial charge is 0.462 e. The lowest BCUT2D eigenvalue weighted by atomic mass is 10.0. The number of allylic oxidation sites excluding steroid dienone is 16. The summed E-state index contributed by atoms with van der Waals surface area (Å²) in [4.78, 5) is 38.0. The third-order valence-electron chi connectivity index (χ3n) is 11.0. The Hall–Kier alpha value is -3.67. The van der Waals surface area contributed by atoms with Gasteiger partial charge in [-0.2, -0.15) is 0 Å². The Kier molecular flexibility index (Phi) is 49.0. The molecule has 0 rings (SSSR count). The van der Waals surface area contributed by atoms with E-state index in [1.54, 1.807) is 0 Å². The van der Waals surface area contributed by atoms with Crippen LogP contribution in [0.15, 0.2) is 97.2 Å². The molecule has 6 nitrogen and oxygen atoms in total. The molecule has 0 fully saturated rings. The van der Waals surface area contributed by atoms with Crippen LogP contribution in [0.4, 0.5) is 0 Å². The fraction of sp³-hybridized carbons (Fsp3) is 0.672. The average molecular weight is 889 g/mol. The molecule has 1 atom stereocenters. The van der Waals surface area contributed by atoms with Gasteiger partial charge in [-0.25, -0.2) is 0 Å². The highest BCUT2D eigenvalue weighted by atomic mass is 16.6. The summed E-state index contributed by atoms with van der Waals surface area (Å²) in [6, 6.07) is 0. The Labute approximate surface area is 394 Å². The standard InChI is InChI=1S/C58H96O6/c1-4-7-10-13-16-19-22-25-28-29-31-33-36-39-42-45-48-51-57(60)63-54-55(53-62-56(59)50-47-44-41-38-35-32-27-24-21-18-15-12-9-6-3)64-58(61)52-49-46-43-40-37-34-30-26-23-20-17-14-11-8-5-2/h7,10,13,16-17,19-20,22-23,25-26,28-29,31,33,36,55H,4-6,8-9,11-12,14-15,18,21,24,27,30,32,34-35,37-54H2,1-3H3/b10-7-,16-13-,20-17-,22-19-,26-23-,28-25-,31-29+,36-33-. The predicted octanol–water partition coefficient (Wildman–Crippen LogP) is 17.4. The lowest BCUT2D eigenvalue weighted by molar-refractivity contribution is -0.167. The number of hydrogen-bond donors (Lipinski definition) is 0. The summed E-state index contributed by atoms with van der Waals surface area (Å²) in [6.45, 7) is 6.41. The molecular formula is C58H96O6. The molecule has 0 aromatic carbocycles. The smallest absolute Gasteiger partial charge is 0.306 e. The van der Waals surface area contributed by atoms with Gasteiger partial charge in [0.2, 0.25) is 0 Å². The first-order valence-corrected chi connectivity index (χ1v) is 26.3. The third-order valence-corrected chi connectivity index (χ3v) is 11.0. The lowest BCUT2D eigenvalue weighted by Crippen LogP contribution is -2.30. The molecule has 0 amide bonds. The van der Waals surface area contributed by atoms with E-state index in [-0.39, 0.29) is 31.1 Å². The van der Waals surface area contributed by atoms with Gasteiger partial charge in [0.05, 0.1) is 0 Å². The second-order valence-corrected chi connectivity index (χ2v) is 17.2.